The number of hydrogen-bond acceptors (Lipinski definition) is 4. The Kier molecular flexibility index (Phi) is 1.88. The van der Waals surface area contributed by atoms with E-state index in [0.717, 1.165) is 10.9 Å². The van der Waals surface area contributed by atoms with Gasteiger partial charge in [0.15, 0.2) is 0 Å². The third-order valence-corrected chi connectivity index (χ3v) is 2.90. The molecule has 3 rings (SSSR count). The Morgan fingerprint density at radius 1 is 1.25 bits per heavy atom. The fraction of sp³-hybridized carbons (Fsp3) is 0.250. The van der Waals surface area contributed by atoms with Crippen LogP contribution in [-0.4, -0.2) is 23.4 Å². The lowest BCUT2D eigenvalue weighted by atomic mass is 9.83. The van der Waals surface area contributed by atoms with E-state index in [4.69, 9.17) is 10.00 Å². The summed E-state index contributed by atoms with van der Waals surface area (Å²) in [5.74, 6) is 0. The second-order valence-electron chi connectivity index (χ2n) is 3.98. The second-order valence-corrected chi connectivity index (χ2v) is 3.98. The van der Waals surface area contributed by atoms with Gasteiger partial charge in [-0.25, -0.2) is 0 Å². The van der Waals surface area contributed by atoms with E-state index in [0.29, 0.717) is 18.9 Å². The molecule has 1 aromatic carbocycles. The highest BCUT2D eigenvalue weighted by atomic mass is 16.5. The highest BCUT2D eigenvalue weighted by molar-refractivity contribution is 5.78. The molecule has 16 heavy (non-hydrogen) atoms. The summed E-state index contributed by atoms with van der Waals surface area (Å²) in [7, 11) is 0. The van der Waals surface area contributed by atoms with Crippen molar-refractivity contribution in [2.45, 2.75) is 5.41 Å². The third kappa shape index (κ3) is 1.19. The molecule has 0 bridgehead atoms. The number of nitrogens with zero attached hydrogens (tertiary/aromatic N) is 3. The van der Waals surface area contributed by atoms with Gasteiger partial charge in [0.25, 0.3) is 0 Å². The van der Waals surface area contributed by atoms with Crippen molar-refractivity contribution >= 4 is 10.9 Å². The zero-order valence-corrected chi connectivity index (χ0v) is 8.55. The molecule has 4 nitrogen and oxygen atoms in total. The van der Waals surface area contributed by atoms with Crippen LogP contribution in [0.3, 0.4) is 0 Å². The van der Waals surface area contributed by atoms with E-state index in [-0.39, 0.29) is 0 Å². The lowest BCUT2D eigenvalue weighted by molar-refractivity contribution is -0.0320. The summed E-state index contributed by atoms with van der Waals surface area (Å²) in [6, 6.07) is 11.9. The van der Waals surface area contributed by atoms with Crippen molar-refractivity contribution in [2.75, 3.05) is 13.2 Å². The molecule has 0 unspecified atom stereocenters. The Balaban J connectivity index is 2.16. The van der Waals surface area contributed by atoms with Crippen molar-refractivity contribution < 1.29 is 4.74 Å². The smallest absolute Gasteiger partial charge is 0.147 e. The Morgan fingerprint density at radius 3 is 2.75 bits per heavy atom. The Morgan fingerprint density at radius 2 is 2.06 bits per heavy atom. The molecule has 0 atom stereocenters. The van der Waals surface area contributed by atoms with Crippen LogP contribution in [0.25, 0.3) is 10.9 Å². The molecule has 0 radical (unpaired) electrons. The molecule has 0 N–H and O–H groups in total. The van der Waals surface area contributed by atoms with Crippen molar-refractivity contribution in [1.29, 1.82) is 5.26 Å². The molecule has 2 aromatic rings. The molecule has 1 fully saturated rings. The van der Waals surface area contributed by atoms with Gasteiger partial charge in [0.1, 0.15) is 5.41 Å². The molecule has 0 saturated carbocycles. The number of rotatable bonds is 1. The van der Waals surface area contributed by atoms with Crippen LogP contribution < -0.4 is 0 Å². The van der Waals surface area contributed by atoms with E-state index in [9.17, 15) is 0 Å². The van der Waals surface area contributed by atoms with Gasteiger partial charge in [-0.1, -0.05) is 18.2 Å². The number of aromatic nitrogens is 2. The molecule has 1 aromatic heterocycles. The molecule has 0 spiro atoms. The van der Waals surface area contributed by atoms with Crippen LogP contribution in [0.5, 0.6) is 0 Å². The molecular formula is C12H9N3O. The van der Waals surface area contributed by atoms with Gasteiger partial charge in [0.05, 0.1) is 30.5 Å². The summed E-state index contributed by atoms with van der Waals surface area (Å²) in [4.78, 5) is 0. The largest absolute Gasteiger partial charge is 0.377 e. The van der Waals surface area contributed by atoms with E-state index >= 15 is 0 Å². The highest BCUT2D eigenvalue weighted by Crippen LogP contribution is 2.30. The first kappa shape index (κ1) is 9.25. The number of nitriles is 1. The van der Waals surface area contributed by atoms with Crippen LogP contribution in [-0.2, 0) is 10.2 Å². The monoisotopic (exact) mass is 211 g/mol. The predicted molar refractivity (Wildman–Crippen MR) is 57.6 cm³/mol. The van der Waals surface area contributed by atoms with Crippen molar-refractivity contribution in [3.63, 3.8) is 0 Å². The minimum absolute atomic E-state index is 0.413. The van der Waals surface area contributed by atoms with Gasteiger partial charge in [0, 0.05) is 5.39 Å². The van der Waals surface area contributed by atoms with Crippen molar-refractivity contribution in [1.82, 2.24) is 10.2 Å². The Hall–Kier alpha value is -1.99. The quantitative estimate of drug-likeness (QED) is 0.715. The number of ether oxygens (including phenoxy) is 1. The fourth-order valence-electron chi connectivity index (χ4n) is 1.79. The standard InChI is InChI=1S/C12H9N3O/c13-6-12(7-16-8-12)11-5-9-3-1-2-4-10(9)14-15-11/h1-5H,7-8H2. The highest BCUT2D eigenvalue weighted by Gasteiger charge is 2.42. The molecule has 0 amide bonds. The van der Waals surface area contributed by atoms with Crippen LogP contribution in [0, 0.1) is 11.3 Å². The minimum atomic E-state index is -0.586. The first-order valence-electron chi connectivity index (χ1n) is 5.06. The molecular weight excluding hydrogens is 202 g/mol. The summed E-state index contributed by atoms with van der Waals surface area (Å²) >= 11 is 0. The summed E-state index contributed by atoms with van der Waals surface area (Å²) in [6.45, 7) is 0.826. The predicted octanol–water partition coefficient (Wildman–Crippen LogP) is 1.42. The molecule has 2 heterocycles. The lowest BCUT2D eigenvalue weighted by Gasteiger charge is -2.33. The average Bonchev–Trinajstić information content (AvgIpc) is 2.28. The van der Waals surface area contributed by atoms with Gasteiger partial charge in [-0.05, 0) is 12.1 Å². The first-order chi connectivity index (χ1) is 7.84. The lowest BCUT2D eigenvalue weighted by Crippen LogP contribution is -2.46. The average molecular weight is 211 g/mol. The van der Waals surface area contributed by atoms with Gasteiger partial charge in [-0.2, -0.15) is 15.5 Å². The Labute approximate surface area is 92.5 Å². The topological polar surface area (TPSA) is 58.8 Å². The van der Waals surface area contributed by atoms with Crippen molar-refractivity contribution in [3.8, 4) is 6.07 Å². The zero-order chi connectivity index (χ0) is 11.0. The molecule has 4 heteroatoms. The molecule has 78 valence electrons. The molecule has 1 saturated heterocycles. The number of benzene rings is 1. The summed E-state index contributed by atoms with van der Waals surface area (Å²) in [5.41, 5.74) is 0.969. The SMILES string of the molecule is N#CC1(c2cc3ccccc3nn2)COC1. The number of fused-ring (bicyclic) bond motifs is 1. The summed E-state index contributed by atoms with van der Waals surface area (Å²) < 4.78 is 5.11. The zero-order valence-electron chi connectivity index (χ0n) is 8.55. The van der Waals surface area contributed by atoms with Crippen LogP contribution in [0.4, 0.5) is 0 Å². The van der Waals surface area contributed by atoms with Crippen molar-refractivity contribution in [3.05, 3.63) is 36.0 Å². The first-order valence-corrected chi connectivity index (χ1v) is 5.06. The number of hydrogen-bond donors (Lipinski definition) is 0. The van der Waals surface area contributed by atoms with Crippen LogP contribution in [0.1, 0.15) is 5.69 Å². The molecule has 1 aliphatic heterocycles. The summed E-state index contributed by atoms with van der Waals surface area (Å²) in [6.07, 6.45) is 0. The van der Waals surface area contributed by atoms with Gasteiger partial charge >= 0.3 is 0 Å². The molecule has 1 aliphatic rings. The van der Waals surface area contributed by atoms with Crippen LogP contribution in [0.15, 0.2) is 30.3 Å². The van der Waals surface area contributed by atoms with Gasteiger partial charge in [0.2, 0.25) is 0 Å². The van der Waals surface area contributed by atoms with Crippen molar-refractivity contribution in [2.24, 2.45) is 0 Å². The summed E-state index contributed by atoms with van der Waals surface area (Å²) in [5, 5.41) is 18.4. The second kappa shape index (κ2) is 3.26. The maximum atomic E-state index is 9.16. The third-order valence-electron chi connectivity index (χ3n) is 2.90. The normalized spacial score (nSPS) is 17.7. The fourth-order valence-corrected chi connectivity index (χ4v) is 1.79. The van der Waals surface area contributed by atoms with Gasteiger partial charge < -0.3 is 4.74 Å². The van der Waals surface area contributed by atoms with Crippen LogP contribution >= 0.6 is 0 Å². The van der Waals surface area contributed by atoms with E-state index < -0.39 is 5.41 Å². The molecule has 0 aliphatic carbocycles. The van der Waals surface area contributed by atoms with Gasteiger partial charge in [-0.15, -0.1) is 0 Å². The minimum Gasteiger partial charge on any atom is -0.377 e. The van der Waals surface area contributed by atoms with Crippen LogP contribution in [0.2, 0.25) is 0 Å². The maximum absolute atomic E-state index is 9.16. The van der Waals surface area contributed by atoms with E-state index in [1.165, 1.54) is 0 Å². The Bertz CT molecular complexity index is 584. The van der Waals surface area contributed by atoms with Gasteiger partial charge in [-0.3, -0.25) is 0 Å². The van der Waals surface area contributed by atoms with E-state index in [1.54, 1.807) is 0 Å². The van der Waals surface area contributed by atoms with E-state index in [1.807, 2.05) is 30.3 Å². The maximum Gasteiger partial charge on any atom is 0.147 e. The van der Waals surface area contributed by atoms with E-state index in [2.05, 4.69) is 16.3 Å².